The van der Waals surface area contributed by atoms with Gasteiger partial charge in [-0.3, -0.25) is 10.1 Å². The van der Waals surface area contributed by atoms with Gasteiger partial charge in [0.2, 0.25) is 0 Å². The predicted octanol–water partition coefficient (Wildman–Crippen LogP) is 1.91. The number of rotatable bonds is 2. The van der Waals surface area contributed by atoms with Crippen molar-refractivity contribution in [2.45, 2.75) is 33.1 Å². The molecule has 0 saturated carbocycles. The molecule has 20 heavy (non-hydrogen) atoms. The molecule has 0 saturated heterocycles. The average Bonchev–Trinajstić information content (AvgIpc) is 2.72. The van der Waals surface area contributed by atoms with Crippen LogP contribution in [-0.4, -0.2) is 21.0 Å². The fourth-order valence-corrected chi connectivity index (χ4v) is 1.58. The van der Waals surface area contributed by atoms with Gasteiger partial charge in [0.15, 0.2) is 5.82 Å². The molecule has 2 heterocycles. The molecule has 0 radical (unpaired) electrons. The van der Waals surface area contributed by atoms with Gasteiger partial charge in [-0.2, -0.15) is 4.98 Å². The zero-order valence-electron chi connectivity index (χ0n) is 11.9. The van der Waals surface area contributed by atoms with E-state index in [1.54, 1.807) is 13.0 Å². The Hall–Kier alpha value is -2.44. The molecule has 0 aliphatic rings. The lowest BCUT2D eigenvalue weighted by Crippen LogP contribution is -2.18. The van der Waals surface area contributed by atoms with Gasteiger partial charge in [0.05, 0.1) is 0 Å². The zero-order chi connectivity index (χ0) is 14.9. The fourth-order valence-electron chi connectivity index (χ4n) is 1.58. The van der Waals surface area contributed by atoms with Crippen LogP contribution in [-0.2, 0) is 5.41 Å². The van der Waals surface area contributed by atoms with Crippen molar-refractivity contribution in [2.75, 3.05) is 11.1 Å². The molecule has 0 aliphatic heterocycles. The molecular weight excluding hydrogens is 258 g/mol. The Kier molecular flexibility index (Phi) is 3.44. The predicted molar refractivity (Wildman–Crippen MR) is 74.3 cm³/mol. The molecule has 0 bridgehead atoms. The lowest BCUT2D eigenvalue weighted by molar-refractivity contribution is 0.102. The van der Waals surface area contributed by atoms with Crippen molar-refractivity contribution in [1.29, 1.82) is 0 Å². The number of nitrogens with two attached hydrogens (primary N) is 1. The highest BCUT2D eigenvalue weighted by Gasteiger charge is 2.19. The van der Waals surface area contributed by atoms with E-state index in [1.165, 1.54) is 6.07 Å². The summed E-state index contributed by atoms with van der Waals surface area (Å²) in [5.74, 6) is 0.377. The summed E-state index contributed by atoms with van der Waals surface area (Å²) >= 11 is 0. The van der Waals surface area contributed by atoms with E-state index < -0.39 is 0 Å². The molecule has 0 unspecified atom stereocenters. The van der Waals surface area contributed by atoms with Gasteiger partial charge in [0.1, 0.15) is 5.82 Å². The number of hydrogen-bond acceptors (Lipinski definition) is 6. The van der Waals surface area contributed by atoms with Crippen molar-refractivity contribution in [3.05, 3.63) is 29.2 Å². The fraction of sp³-hybridized carbons (Fsp3) is 0.385. The van der Waals surface area contributed by atoms with E-state index in [2.05, 4.69) is 20.4 Å². The molecular formula is C13H17N5O2. The Balaban J connectivity index is 2.28. The zero-order valence-corrected chi connectivity index (χ0v) is 11.9. The number of anilines is 2. The van der Waals surface area contributed by atoms with Crippen LogP contribution in [0.4, 0.5) is 11.8 Å². The van der Waals surface area contributed by atoms with Gasteiger partial charge in [-0.15, -0.1) is 0 Å². The summed E-state index contributed by atoms with van der Waals surface area (Å²) < 4.78 is 4.84. The van der Waals surface area contributed by atoms with Crippen LogP contribution in [0, 0.1) is 6.92 Å². The Morgan fingerprint density at radius 3 is 2.55 bits per heavy atom. The maximum atomic E-state index is 12.1. The third-order valence-corrected chi connectivity index (χ3v) is 2.62. The number of aryl methyl sites for hydroxylation is 1. The van der Waals surface area contributed by atoms with E-state index in [0.29, 0.717) is 17.2 Å². The molecule has 2 rings (SSSR count). The normalized spacial score (nSPS) is 11.4. The summed E-state index contributed by atoms with van der Waals surface area (Å²) in [6, 6.07) is 3.27. The minimum absolute atomic E-state index is 0.0557. The van der Waals surface area contributed by atoms with E-state index in [0.717, 1.165) is 5.69 Å². The Morgan fingerprint density at radius 1 is 1.30 bits per heavy atom. The Bertz CT molecular complexity index is 642. The van der Waals surface area contributed by atoms with E-state index in [1.807, 2.05) is 20.8 Å². The molecule has 0 aromatic carbocycles. The largest absolute Gasteiger partial charge is 0.384 e. The minimum Gasteiger partial charge on any atom is -0.384 e. The molecule has 7 nitrogen and oxygen atoms in total. The van der Waals surface area contributed by atoms with Crippen molar-refractivity contribution in [3.8, 4) is 0 Å². The number of nitrogens with one attached hydrogen (secondary N) is 1. The summed E-state index contributed by atoms with van der Waals surface area (Å²) in [5.41, 5.74) is 6.69. The maximum Gasteiger partial charge on any atom is 0.328 e. The quantitative estimate of drug-likeness (QED) is 0.866. The molecule has 2 aromatic heterocycles. The monoisotopic (exact) mass is 275 g/mol. The van der Waals surface area contributed by atoms with Gasteiger partial charge in [0.25, 0.3) is 5.91 Å². The van der Waals surface area contributed by atoms with E-state index in [9.17, 15) is 4.79 Å². The van der Waals surface area contributed by atoms with Gasteiger partial charge in [0, 0.05) is 16.7 Å². The number of amides is 1. The molecule has 7 heteroatoms. The Labute approximate surface area is 116 Å². The van der Waals surface area contributed by atoms with Gasteiger partial charge in [-0.25, -0.2) is 4.98 Å². The summed E-state index contributed by atoms with van der Waals surface area (Å²) in [4.78, 5) is 20.3. The van der Waals surface area contributed by atoms with Crippen molar-refractivity contribution >= 4 is 17.7 Å². The standard InChI is InChI=1S/C13H17N5O2/c1-7-15-12(20-18-7)17-11(19)8-5-9(13(2,3)4)16-10(14)6-8/h5-6H,1-4H3,(H2,14,16)(H,15,17,18,19). The number of nitrogen functional groups attached to an aromatic ring is 1. The first-order valence-corrected chi connectivity index (χ1v) is 6.15. The lowest BCUT2D eigenvalue weighted by Gasteiger charge is -2.18. The second kappa shape index (κ2) is 4.92. The number of carbonyl (C=O) groups excluding carboxylic acids is 1. The summed E-state index contributed by atoms with van der Waals surface area (Å²) in [5, 5.41) is 6.12. The molecule has 0 aliphatic carbocycles. The van der Waals surface area contributed by atoms with E-state index in [4.69, 9.17) is 10.3 Å². The molecule has 0 atom stereocenters. The van der Waals surface area contributed by atoms with E-state index in [-0.39, 0.29) is 17.3 Å². The molecule has 1 amide bonds. The van der Waals surface area contributed by atoms with Crippen molar-refractivity contribution in [3.63, 3.8) is 0 Å². The third kappa shape index (κ3) is 3.11. The van der Waals surface area contributed by atoms with Gasteiger partial charge in [-0.05, 0) is 19.1 Å². The second-order valence-corrected chi connectivity index (χ2v) is 5.52. The van der Waals surface area contributed by atoms with Gasteiger partial charge >= 0.3 is 6.01 Å². The van der Waals surface area contributed by atoms with Crippen molar-refractivity contribution < 1.29 is 9.32 Å². The molecule has 3 N–H and O–H groups in total. The average molecular weight is 275 g/mol. The van der Waals surface area contributed by atoms with Gasteiger partial charge < -0.3 is 10.3 Å². The van der Waals surface area contributed by atoms with Crippen molar-refractivity contribution in [2.24, 2.45) is 0 Å². The van der Waals surface area contributed by atoms with Crippen LogP contribution in [0.15, 0.2) is 16.7 Å². The van der Waals surface area contributed by atoms with Crippen LogP contribution in [0.1, 0.15) is 42.6 Å². The first-order valence-electron chi connectivity index (χ1n) is 6.15. The Morgan fingerprint density at radius 2 is 2.00 bits per heavy atom. The number of hydrogen-bond donors (Lipinski definition) is 2. The third-order valence-electron chi connectivity index (χ3n) is 2.62. The molecule has 0 fully saturated rings. The van der Waals surface area contributed by atoms with Crippen LogP contribution in [0.3, 0.4) is 0 Å². The smallest absolute Gasteiger partial charge is 0.328 e. The number of pyridine rings is 1. The van der Waals surface area contributed by atoms with Crippen LogP contribution >= 0.6 is 0 Å². The van der Waals surface area contributed by atoms with Crippen LogP contribution in [0.2, 0.25) is 0 Å². The number of nitrogens with zero attached hydrogens (tertiary/aromatic N) is 3. The number of aromatic nitrogens is 3. The molecule has 0 spiro atoms. The lowest BCUT2D eigenvalue weighted by atomic mass is 9.90. The summed E-state index contributed by atoms with van der Waals surface area (Å²) in [7, 11) is 0. The molecule has 2 aromatic rings. The highest BCUT2D eigenvalue weighted by molar-refractivity contribution is 6.03. The minimum atomic E-state index is -0.367. The van der Waals surface area contributed by atoms with Gasteiger partial charge in [-0.1, -0.05) is 25.9 Å². The van der Waals surface area contributed by atoms with E-state index >= 15 is 0 Å². The summed E-state index contributed by atoms with van der Waals surface area (Å²) in [6.45, 7) is 7.66. The number of carbonyl (C=O) groups is 1. The topological polar surface area (TPSA) is 107 Å². The maximum absolute atomic E-state index is 12.1. The van der Waals surface area contributed by atoms with Crippen LogP contribution in [0.5, 0.6) is 0 Å². The first-order chi connectivity index (χ1) is 9.25. The van der Waals surface area contributed by atoms with Crippen molar-refractivity contribution in [1.82, 2.24) is 15.1 Å². The van der Waals surface area contributed by atoms with Crippen LogP contribution < -0.4 is 11.1 Å². The SMILES string of the molecule is Cc1noc(NC(=O)c2cc(N)nc(C(C)(C)C)c2)n1. The summed E-state index contributed by atoms with van der Waals surface area (Å²) in [6.07, 6.45) is 0. The molecule has 106 valence electrons. The second-order valence-electron chi connectivity index (χ2n) is 5.52. The first kappa shape index (κ1) is 14.0. The highest BCUT2D eigenvalue weighted by atomic mass is 16.5. The highest BCUT2D eigenvalue weighted by Crippen LogP contribution is 2.22. The van der Waals surface area contributed by atoms with Crippen LogP contribution in [0.25, 0.3) is 0 Å².